The molecule has 0 saturated carbocycles. The van der Waals surface area contributed by atoms with E-state index in [-0.39, 0.29) is 14.4 Å². The Balaban J connectivity index is 3.35. The molecule has 7 heteroatoms. The molecule has 0 aliphatic heterocycles. The standard InChI is InChI=1S/C7H2Cl2F2INO/c8-4-2(6(10)11)1-3(5(9)14)13-7(4)12/h1,6H. The molecule has 0 radical (unpaired) electrons. The molecule has 0 unspecified atom stereocenters. The van der Waals surface area contributed by atoms with Crippen molar-refractivity contribution in [2.45, 2.75) is 6.43 Å². The summed E-state index contributed by atoms with van der Waals surface area (Å²) in [6.07, 6.45) is -2.76. The smallest absolute Gasteiger partial charge is 0.270 e. The Morgan fingerprint density at radius 2 is 2.14 bits per heavy atom. The van der Waals surface area contributed by atoms with E-state index in [0.29, 0.717) is 0 Å². The normalized spacial score (nSPS) is 10.7. The number of alkyl halides is 2. The van der Waals surface area contributed by atoms with Crippen LogP contribution < -0.4 is 0 Å². The third-order valence-electron chi connectivity index (χ3n) is 1.38. The third-order valence-corrected chi connectivity index (χ3v) is 3.07. The first-order valence-electron chi connectivity index (χ1n) is 3.27. The summed E-state index contributed by atoms with van der Waals surface area (Å²) in [5, 5.41) is -1.04. The van der Waals surface area contributed by atoms with Crippen LogP contribution in [0, 0.1) is 3.70 Å². The van der Waals surface area contributed by atoms with Gasteiger partial charge in [-0.3, -0.25) is 4.79 Å². The highest BCUT2D eigenvalue weighted by Gasteiger charge is 2.18. The van der Waals surface area contributed by atoms with Crippen LogP contribution in [-0.4, -0.2) is 10.2 Å². The van der Waals surface area contributed by atoms with Gasteiger partial charge < -0.3 is 0 Å². The molecule has 1 aromatic heterocycles. The van der Waals surface area contributed by atoms with Gasteiger partial charge in [-0.15, -0.1) is 0 Å². The summed E-state index contributed by atoms with van der Waals surface area (Å²) in [4.78, 5) is 14.4. The zero-order valence-electron chi connectivity index (χ0n) is 6.40. The number of hydrogen-bond donors (Lipinski definition) is 0. The van der Waals surface area contributed by atoms with Crippen molar-refractivity contribution in [3.63, 3.8) is 0 Å². The van der Waals surface area contributed by atoms with Crippen molar-refractivity contribution in [2.24, 2.45) is 0 Å². The summed E-state index contributed by atoms with van der Waals surface area (Å²) in [5.41, 5.74) is -0.661. The van der Waals surface area contributed by atoms with E-state index in [1.54, 1.807) is 22.6 Å². The summed E-state index contributed by atoms with van der Waals surface area (Å²) in [6, 6.07) is 0.893. The first-order valence-corrected chi connectivity index (χ1v) is 5.11. The summed E-state index contributed by atoms with van der Waals surface area (Å²) in [7, 11) is 0. The maximum absolute atomic E-state index is 12.4. The van der Waals surface area contributed by atoms with E-state index < -0.39 is 17.2 Å². The van der Waals surface area contributed by atoms with Gasteiger partial charge in [-0.25, -0.2) is 13.8 Å². The van der Waals surface area contributed by atoms with Crippen molar-refractivity contribution < 1.29 is 13.6 Å². The minimum absolute atomic E-state index is 0.131. The second kappa shape index (κ2) is 4.67. The second-order valence-corrected chi connectivity index (χ2v) is 4.02. The molecule has 2 nitrogen and oxygen atoms in total. The lowest BCUT2D eigenvalue weighted by Gasteiger charge is -2.05. The minimum atomic E-state index is -2.76. The van der Waals surface area contributed by atoms with Crippen molar-refractivity contribution >= 4 is 51.0 Å². The van der Waals surface area contributed by atoms with Crippen LogP contribution in [0.3, 0.4) is 0 Å². The predicted molar refractivity (Wildman–Crippen MR) is 57.1 cm³/mol. The number of nitrogens with zero attached hydrogens (tertiary/aromatic N) is 1. The van der Waals surface area contributed by atoms with Crippen molar-refractivity contribution in [1.29, 1.82) is 0 Å². The molecule has 1 heterocycles. The van der Waals surface area contributed by atoms with Crippen LogP contribution >= 0.6 is 45.8 Å². The molecule has 0 amide bonds. The molecule has 0 aromatic carbocycles. The van der Waals surface area contributed by atoms with Crippen molar-refractivity contribution in [2.75, 3.05) is 0 Å². The highest BCUT2D eigenvalue weighted by molar-refractivity contribution is 14.1. The Bertz CT molecular complexity index is 386. The topological polar surface area (TPSA) is 30.0 Å². The van der Waals surface area contributed by atoms with E-state index in [9.17, 15) is 13.6 Å². The molecule has 0 spiro atoms. The number of pyridine rings is 1. The van der Waals surface area contributed by atoms with Crippen LogP contribution in [0.15, 0.2) is 6.07 Å². The lowest BCUT2D eigenvalue weighted by Crippen LogP contribution is -2.00. The van der Waals surface area contributed by atoms with E-state index in [4.69, 9.17) is 23.2 Å². The van der Waals surface area contributed by atoms with Gasteiger partial charge in [0.15, 0.2) is 0 Å². The molecule has 0 aliphatic carbocycles. The number of hydrogen-bond acceptors (Lipinski definition) is 2. The van der Waals surface area contributed by atoms with Gasteiger partial charge in [-0.2, -0.15) is 0 Å². The SMILES string of the molecule is O=C(Cl)c1cc(C(F)F)c(Cl)c(I)n1. The second-order valence-electron chi connectivity index (χ2n) is 2.28. The average molecular weight is 352 g/mol. The Morgan fingerprint density at radius 3 is 2.57 bits per heavy atom. The van der Waals surface area contributed by atoms with Crippen LogP contribution in [0.5, 0.6) is 0 Å². The van der Waals surface area contributed by atoms with Crippen LogP contribution in [-0.2, 0) is 0 Å². The largest absolute Gasteiger partial charge is 0.274 e. The van der Waals surface area contributed by atoms with Crippen LogP contribution in [0.1, 0.15) is 22.5 Å². The first kappa shape index (κ1) is 12.1. The van der Waals surface area contributed by atoms with Gasteiger partial charge in [-0.05, 0) is 40.3 Å². The fourth-order valence-corrected chi connectivity index (χ4v) is 1.62. The van der Waals surface area contributed by atoms with Gasteiger partial charge in [0.25, 0.3) is 11.7 Å². The summed E-state index contributed by atoms with van der Waals surface area (Å²) in [6.45, 7) is 0. The molecular formula is C7H2Cl2F2INO. The molecule has 0 saturated heterocycles. The monoisotopic (exact) mass is 351 g/mol. The van der Waals surface area contributed by atoms with Crippen LogP contribution in [0.4, 0.5) is 8.78 Å². The molecule has 0 bridgehead atoms. The number of rotatable bonds is 2. The zero-order valence-corrected chi connectivity index (χ0v) is 10.1. The molecule has 0 fully saturated rings. The minimum Gasteiger partial charge on any atom is -0.274 e. The average Bonchev–Trinajstić information content (AvgIpc) is 2.08. The predicted octanol–water partition coefficient (Wildman–Crippen LogP) is 3.66. The van der Waals surface area contributed by atoms with Crippen molar-refractivity contribution in [3.05, 3.63) is 26.0 Å². The maximum Gasteiger partial charge on any atom is 0.270 e. The molecule has 0 N–H and O–H groups in total. The summed E-state index contributed by atoms with van der Waals surface area (Å²) in [5.74, 6) is 0. The van der Waals surface area contributed by atoms with Crippen molar-refractivity contribution in [3.8, 4) is 0 Å². The zero-order chi connectivity index (χ0) is 10.9. The lowest BCUT2D eigenvalue weighted by atomic mass is 10.2. The van der Waals surface area contributed by atoms with Gasteiger partial charge in [0.05, 0.1) is 5.02 Å². The van der Waals surface area contributed by atoms with E-state index in [1.165, 1.54) is 0 Å². The number of carbonyl (C=O) groups is 1. The lowest BCUT2D eigenvalue weighted by molar-refractivity contribution is 0.107. The Morgan fingerprint density at radius 1 is 1.57 bits per heavy atom. The fraction of sp³-hybridized carbons (Fsp3) is 0.143. The van der Waals surface area contributed by atoms with E-state index in [1.807, 2.05) is 0 Å². The maximum atomic E-state index is 12.4. The fourth-order valence-electron chi connectivity index (χ4n) is 0.776. The van der Waals surface area contributed by atoms with Gasteiger partial charge in [0.1, 0.15) is 9.39 Å². The Labute approximate surface area is 102 Å². The van der Waals surface area contributed by atoms with Crippen LogP contribution in [0.2, 0.25) is 5.02 Å². The number of halogens is 5. The molecule has 76 valence electrons. The molecule has 0 atom stereocenters. The molecule has 14 heavy (non-hydrogen) atoms. The van der Waals surface area contributed by atoms with Gasteiger partial charge in [-0.1, -0.05) is 11.6 Å². The van der Waals surface area contributed by atoms with E-state index in [0.717, 1.165) is 6.07 Å². The Hall–Kier alpha value is -0.0100. The molecule has 0 aliphatic rings. The Kier molecular flexibility index (Phi) is 4.03. The quantitative estimate of drug-likeness (QED) is 0.462. The highest BCUT2D eigenvalue weighted by Crippen LogP contribution is 2.30. The third kappa shape index (κ3) is 2.52. The number of aromatic nitrogens is 1. The van der Waals surface area contributed by atoms with Gasteiger partial charge >= 0.3 is 0 Å². The van der Waals surface area contributed by atoms with Gasteiger partial charge in [0, 0.05) is 5.56 Å². The number of carbonyl (C=O) groups excluding carboxylic acids is 1. The van der Waals surface area contributed by atoms with E-state index in [2.05, 4.69) is 4.98 Å². The van der Waals surface area contributed by atoms with Gasteiger partial charge in [0.2, 0.25) is 0 Å². The van der Waals surface area contributed by atoms with Crippen molar-refractivity contribution in [1.82, 2.24) is 4.98 Å². The van der Waals surface area contributed by atoms with Crippen LogP contribution in [0.25, 0.3) is 0 Å². The molecular weight excluding hydrogens is 350 g/mol. The summed E-state index contributed by atoms with van der Waals surface area (Å²) >= 11 is 12.3. The molecule has 1 rings (SSSR count). The first-order chi connectivity index (χ1) is 6.43. The van der Waals surface area contributed by atoms with E-state index >= 15 is 0 Å². The summed E-state index contributed by atoms with van der Waals surface area (Å²) < 4.78 is 24.9. The highest BCUT2D eigenvalue weighted by atomic mass is 127. The molecule has 1 aromatic rings.